The predicted molar refractivity (Wildman–Crippen MR) is 61.2 cm³/mol. The van der Waals surface area contributed by atoms with Gasteiger partial charge in [0.05, 0.1) is 0 Å². The Morgan fingerprint density at radius 1 is 1.44 bits per heavy atom. The summed E-state index contributed by atoms with van der Waals surface area (Å²) in [6, 6.07) is -0.0731. The minimum Gasteiger partial charge on any atom is -0.444 e. The fourth-order valence-corrected chi connectivity index (χ4v) is 1.79. The zero-order chi connectivity index (χ0) is 12.3. The van der Waals surface area contributed by atoms with Gasteiger partial charge in [-0.25, -0.2) is 4.79 Å². The van der Waals surface area contributed by atoms with Gasteiger partial charge in [0, 0.05) is 18.9 Å². The lowest BCUT2D eigenvalue weighted by Crippen LogP contribution is -2.45. The molecule has 0 bridgehead atoms. The highest BCUT2D eigenvalue weighted by molar-refractivity contribution is 5.80. The summed E-state index contributed by atoms with van der Waals surface area (Å²) in [6.07, 6.45) is 1.48. The van der Waals surface area contributed by atoms with E-state index in [9.17, 15) is 9.59 Å². The Kier molecular flexibility index (Phi) is 3.94. The van der Waals surface area contributed by atoms with Crippen molar-refractivity contribution in [2.24, 2.45) is 5.92 Å². The summed E-state index contributed by atoms with van der Waals surface area (Å²) in [5.41, 5.74) is -0.494. The number of rotatable bonds is 1. The molecule has 4 heteroatoms. The van der Waals surface area contributed by atoms with E-state index in [1.165, 1.54) is 0 Å². The van der Waals surface area contributed by atoms with E-state index in [1.54, 1.807) is 0 Å². The smallest absolute Gasteiger partial charge is 0.407 e. The molecule has 1 fully saturated rings. The van der Waals surface area contributed by atoms with Gasteiger partial charge < -0.3 is 10.1 Å². The summed E-state index contributed by atoms with van der Waals surface area (Å²) in [5, 5.41) is 2.77. The average molecular weight is 227 g/mol. The van der Waals surface area contributed by atoms with Crippen LogP contribution in [0, 0.1) is 5.92 Å². The van der Waals surface area contributed by atoms with Crippen molar-refractivity contribution in [3.8, 4) is 0 Å². The molecule has 1 amide bonds. The largest absolute Gasteiger partial charge is 0.444 e. The standard InChI is InChI=1S/C12H21NO3/c1-8-5-6-9(14)7-10(8)13-11(15)16-12(2,3)4/h8,10H,5-7H2,1-4H3,(H,13,15)/t8-,10+/m0/s1. The molecular weight excluding hydrogens is 206 g/mol. The summed E-state index contributed by atoms with van der Waals surface area (Å²) in [6.45, 7) is 7.51. The van der Waals surface area contributed by atoms with Gasteiger partial charge in [-0.2, -0.15) is 0 Å². The number of alkyl carbamates (subject to hydrolysis) is 1. The molecule has 1 N–H and O–H groups in total. The van der Waals surface area contributed by atoms with Crippen molar-refractivity contribution in [1.29, 1.82) is 0 Å². The molecular formula is C12H21NO3. The molecule has 1 saturated carbocycles. The van der Waals surface area contributed by atoms with E-state index in [0.29, 0.717) is 18.8 Å². The third kappa shape index (κ3) is 4.21. The fraction of sp³-hybridized carbons (Fsp3) is 0.833. The quantitative estimate of drug-likeness (QED) is 0.747. The Morgan fingerprint density at radius 2 is 2.06 bits per heavy atom. The molecule has 4 nitrogen and oxygen atoms in total. The van der Waals surface area contributed by atoms with Crippen LogP contribution in [0.15, 0.2) is 0 Å². The van der Waals surface area contributed by atoms with Gasteiger partial charge >= 0.3 is 6.09 Å². The van der Waals surface area contributed by atoms with Crippen LogP contribution >= 0.6 is 0 Å². The van der Waals surface area contributed by atoms with Crippen LogP contribution in [0.25, 0.3) is 0 Å². The second-order valence-corrected chi connectivity index (χ2v) is 5.51. The Hall–Kier alpha value is -1.06. The topological polar surface area (TPSA) is 55.4 Å². The first kappa shape index (κ1) is 13.0. The summed E-state index contributed by atoms with van der Waals surface area (Å²) < 4.78 is 5.16. The van der Waals surface area contributed by atoms with Gasteiger partial charge in [0.15, 0.2) is 0 Å². The van der Waals surface area contributed by atoms with E-state index in [4.69, 9.17) is 4.74 Å². The van der Waals surface area contributed by atoms with E-state index in [2.05, 4.69) is 12.2 Å². The van der Waals surface area contributed by atoms with Crippen molar-refractivity contribution in [2.75, 3.05) is 0 Å². The molecule has 0 aliphatic heterocycles. The maximum absolute atomic E-state index is 11.5. The molecule has 0 spiro atoms. The molecule has 0 heterocycles. The molecule has 0 saturated heterocycles. The number of ketones is 1. The van der Waals surface area contributed by atoms with Gasteiger partial charge in [0.1, 0.15) is 11.4 Å². The highest BCUT2D eigenvalue weighted by Crippen LogP contribution is 2.21. The van der Waals surface area contributed by atoms with Gasteiger partial charge in [-0.15, -0.1) is 0 Å². The second-order valence-electron chi connectivity index (χ2n) is 5.51. The molecule has 0 radical (unpaired) electrons. The lowest BCUT2D eigenvalue weighted by Gasteiger charge is -2.29. The number of ether oxygens (including phenoxy) is 1. The molecule has 0 aromatic heterocycles. The molecule has 16 heavy (non-hydrogen) atoms. The van der Waals surface area contributed by atoms with Crippen LogP contribution in [0.5, 0.6) is 0 Å². The number of amides is 1. The average Bonchev–Trinajstić information content (AvgIpc) is 2.08. The van der Waals surface area contributed by atoms with Gasteiger partial charge in [-0.05, 0) is 33.1 Å². The highest BCUT2D eigenvalue weighted by atomic mass is 16.6. The third-order valence-corrected chi connectivity index (χ3v) is 2.72. The van der Waals surface area contributed by atoms with Crippen LogP contribution in [0.4, 0.5) is 4.79 Å². The molecule has 0 aromatic rings. The maximum Gasteiger partial charge on any atom is 0.407 e. The van der Waals surface area contributed by atoms with Crippen LogP contribution < -0.4 is 5.32 Å². The summed E-state index contributed by atoms with van der Waals surface area (Å²) >= 11 is 0. The van der Waals surface area contributed by atoms with Gasteiger partial charge in [0.2, 0.25) is 0 Å². The van der Waals surface area contributed by atoms with E-state index in [-0.39, 0.29) is 11.8 Å². The minimum atomic E-state index is -0.494. The molecule has 0 unspecified atom stereocenters. The number of carbonyl (C=O) groups is 2. The zero-order valence-electron chi connectivity index (χ0n) is 10.5. The molecule has 2 atom stereocenters. The molecule has 1 aliphatic carbocycles. The van der Waals surface area contributed by atoms with E-state index < -0.39 is 11.7 Å². The van der Waals surface area contributed by atoms with Crippen LogP contribution in [0.3, 0.4) is 0 Å². The molecule has 1 rings (SSSR count). The van der Waals surface area contributed by atoms with Crippen molar-refractivity contribution in [3.05, 3.63) is 0 Å². The number of hydrogen-bond donors (Lipinski definition) is 1. The Morgan fingerprint density at radius 3 is 2.62 bits per heavy atom. The summed E-state index contributed by atoms with van der Waals surface area (Å²) in [4.78, 5) is 22.8. The van der Waals surface area contributed by atoms with E-state index in [1.807, 2.05) is 20.8 Å². The lowest BCUT2D eigenvalue weighted by molar-refractivity contribution is -0.121. The number of Topliss-reactive ketones (excluding diaryl/α,β-unsaturated/α-hetero) is 1. The first-order valence-corrected chi connectivity index (χ1v) is 5.79. The fourth-order valence-electron chi connectivity index (χ4n) is 1.79. The van der Waals surface area contributed by atoms with Gasteiger partial charge in [-0.1, -0.05) is 6.92 Å². The second kappa shape index (κ2) is 4.85. The molecule has 0 aromatic carbocycles. The van der Waals surface area contributed by atoms with Crippen molar-refractivity contribution in [2.45, 2.75) is 58.6 Å². The number of hydrogen-bond acceptors (Lipinski definition) is 3. The predicted octanol–water partition coefficient (Wildman–Crippen LogP) is 2.27. The normalized spacial score (nSPS) is 26.4. The van der Waals surface area contributed by atoms with Crippen molar-refractivity contribution in [3.63, 3.8) is 0 Å². The Balaban J connectivity index is 2.46. The van der Waals surface area contributed by atoms with Crippen molar-refractivity contribution in [1.82, 2.24) is 5.32 Å². The van der Waals surface area contributed by atoms with Gasteiger partial charge in [-0.3, -0.25) is 4.79 Å². The summed E-state index contributed by atoms with van der Waals surface area (Å²) in [7, 11) is 0. The highest BCUT2D eigenvalue weighted by Gasteiger charge is 2.28. The molecule has 92 valence electrons. The van der Waals surface area contributed by atoms with Crippen LogP contribution in [-0.4, -0.2) is 23.5 Å². The molecule has 1 aliphatic rings. The van der Waals surface area contributed by atoms with E-state index in [0.717, 1.165) is 6.42 Å². The first-order valence-electron chi connectivity index (χ1n) is 5.79. The van der Waals surface area contributed by atoms with E-state index >= 15 is 0 Å². The van der Waals surface area contributed by atoms with Crippen LogP contribution in [0.2, 0.25) is 0 Å². The van der Waals surface area contributed by atoms with Crippen LogP contribution in [-0.2, 0) is 9.53 Å². The SMILES string of the molecule is C[C@H]1CCC(=O)C[C@H]1NC(=O)OC(C)(C)C. The third-order valence-electron chi connectivity index (χ3n) is 2.72. The maximum atomic E-state index is 11.5. The summed E-state index contributed by atoms with van der Waals surface area (Å²) in [5.74, 6) is 0.560. The number of nitrogens with one attached hydrogen (secondary N) is 1. The van der Waals surface area contributed by atoms with Crippen molar-refractivity contribution >= 4 is 11.9 Å². The zero-order valence-corrected chi connectivity index (χ0v) is 10.5. The Bertz CT molecular complexity index is 280. The monoisotopic (exact) mass is 227 g/mol. The van der Waals surface area contributed by atoms with Crippen LogP contribution in [0.1, 0.15) is 47.0 Å². The number of carbonyl (C=O) groups excluding carboxylic acids is 2. The minimum absolute atomic E-state index is 0.0731. The first-order chi connectivity index (χ1) is 7.28. The lowest BCUT2D eigenvalue weighted by atomic mass is 9.85. The van der Waals surface area contributed by atoms with Gasteiger partial charge in [0.25, 0.3) is 0 Å². The van der Waals surface area contributed by atoms with Crippen molar-refractivity contribution < 1.29 is 14.3 Å². The Labute approximate surface area is 96.7 Å².